The highest BCUT2D eigenvalue weighted by atomic mass is 79.9. The molecule has 1 aliphatic heterocycles. The number of nitrogens with zero attached hydrogens (tertiary/aromatic N) is 1. The molecule has 19 heavy (non-hydrogen) atoms. The van der Waals surface area contributed by atoms with E-state index in [2.05, 4.69) is 21.2 Å². The number of benzene rings is 1. The van der Waals surface area contributed by atoms with Crippen LogP contribution < -0.4 is 5.32 Å². The highest BCUT2D eigenvalue weighted by Crippen LogP contribution is 2.32. The third kappa shape index (κ3) is 3.42. The fraction of sp³-hybridized carbons (Fsp3) is 0.500. The molecule has 2 rings (SSSR count). The number of hydrogen-bond donors (Lipinski definition) is 1. The van der Waals surface area contributed by atoms with E-state index < -0.39 is 10.7 Å². The number of ether oxygens (including phenoxy) is 1. The third-order valence-corrected chi connectivity index (χ3v) is 3.69. The molecule has 5 nitrogen and oxygen atoms in total. The van der Waals surface area contributed by atoms with E-state index >= 15 is 0 Å². The Labute approximate surface area is 118 Å². The van der Waals surface area contributed by atoms with Gasteiger partial charge in [-0.15, -0.1) is 0 Å². The molecule has 0 saturated carbocycles. The molecule has 2 atom stereocenters. The number of nitro benzene ring substituents is 1. The molecule has 1 N–H and O–H groups in total. The molecule has 1 aliphatic rings. The van der Waals surface area contributed by atoms with Crippen molar-refractivity contribution >= 4 is 27.3 Å². The van der Waals surface area contributed by atoms with Crippen molar-refractivity contribution in [2.75, 3.05) is 11.9 Å². The SMILES string of the molecule is CC1CC(Nc2cc(Br)c(F)cc2[N+](=O)[O-])CCO1. The van der Waals surface area contributed by atoms with Crippen LogP contribution in [0.15, 0.2) is 16.6 Å². The fourth-order valence-corrected chi connectivity index (χ4v) is 2.50. The van der Waals surface area contributed by atoms with Crippen LogP contribution in [0.25, 0.3) is 0 Å². The van der Waals surface area contributed by atoms with Crippen LogP contribution in [0.4, 0.5) is 15.8 Å². The lowest BCUT2D eigenvalue weighted by molar-refractivity contribution is -0.384. The second-order valence-electron chi connectivity index (χ2n) is 4.59. The highest BCUT2D eigenvalue weighted by Gasteiger charge is 2.23. The summed E-state index contributed by atoms with van der Waals surface area (Å²) in [5.74, 6) is -0.641. The van der Waals surface area contributed by atoms with Gasteiger partial charge in [0.15, 0.2) is 0 Å². The molecule has 0 radical (unpaired) electrons. The Balaban J connectivity index is 2.23. The van der Waals surface area contributed by atoms with E-state index in [-0.39, 0.29) is 22.3 Å². The minimum Gasteiger partial charge on any atom is -0.378 e. The summed E-state index contributed by atoms with van der Waals surface area (Å²) in [6.07, 6.45) is 1.66. The molecule has 0 amide bonds. The molecule has 0 bridgehead atoms. The van der Waals surface area contributed by atoms with Crippen LogP contribution in [-0.4, -0.2) is 23.7 Å². The molecule has 104 valence electrons. The number of nitrogens with one attached hydrogen (secondary N) is 1. The molecular formula is C12H14BrFN2O3. The maximum Gasteiger partial charge on any atom is 0.295 e. The molecule has 2 unspecified atom stereocenters. The molecule has 1 fully saturated rings. The first-order valence-electron chi connectivity index (χ1n) is 5.99. The summed E-state index contributed by atoms with van der Waals surface area (Å²) in [5, 5.41) is 14.1. The average Bonchev–Trinajstić information content (AvgIpc) is 2.33. The van der Waals surface area contributed by atoms with Gasteiger partial charge in [0, 0.05) is 12.6 Å². The van der Waals surface area contributed by atoms with Gasteiger partial charge >= 0.3 is 0 Å². The monoisotopic (exact) mass is 332 g/mol. The minimum absolute atomic E-state index is 0.0970. The smallest absolute Gasteiger partial charge is 0.295 e. The molecule has 0 aromatic heterocycles. The van der Waals surface area contributed by atoms with Gasteiger partial charge < -0.3 is 10.1 Å². The average molecular weight is 333 g/mol. The lowest BCUT2D eigenvalue weighted by atomic mass is 10.0. The predicted molar refractivity (Wildman–Crippen MR) is 72.8 cm³/mol. The number of nitro groups is 1. The lowest BCUT2D eigenvalue weighted by Crippen LogP contribution is -2.32. The summed E-state index contributed by atoms with van der Waals surface area (Å²) in [5.41, 5.74) is 0.0808. The predicted octanol–water partition coefficient (Wildman–Crippen LogP) is 3.48. The van der Waals surface area contributed by atoms with E-state index in [1.807, 2.05) is 6.92 Å². The van der Waals surface area contributed by atoms with Gasteiger partial charge in [-0.1, -0.05) is 0 Å². The maximum atomic E-state index is 13.4. The second kappa shape index (κ2) is 5.83. The molecule has 7 heteroatoms. The van der Waals surface area contributed by atoms with Crippen molar-refractivity contribution < 1.29 is 14.1 Å². The van der Waals surface area contributed by atoms with E-state index in [0.717, 1.165) is 18.9 Å². The van der Waals surface area contributed by atoms with E-state index in [1.165, 1.54) is 6.07 Å². The molecule has 0 spiro atoms. The topological polar surface area (TPSA) is 64.4 Å². The Kier molecular flexibility index (Phi) is 4.36. The van der Waals surface area contributed by atoms with Crippen molar-refractivity contribution in [2.24, 2.45) is 0 Å². The van der Waals surface area contributed by atoms with Crippen LogP contribution in [0, 0.1) is 15.9 Å². The van der Waals surface area contributed by atoms with E-state index in [4.69, 9.17) is 4.74 Å². The van der Waals surface area contributed by atoms with Gasteiger partial charge in [0.2, 0.25) is 0 Å². The summed E-state index contributed by atoms with van der Waals surface area (Å²) in [4.78, 5) is 10.4. The summed E-state index contributed by atoms with van der Waals surface area (Å²) < 4.78 is 19.0. The standard InChI is InChI=1S/C12H14BrFN2O3/c1-7-4-8(2-3-19-7)15-11-5-9(13)10(14)6-12(11)16(17)18/h5-8,15H,2-4H2,1H3. The maximum absolute atomic E-state index is 13.4. The van der Waals surface area contributed by atoms with Crippen molar-refractivity contribution in [1.82, 2.24) is 0 Å². The van der Waals surface area contributed by atoms with Gasteiger partial charge in [0.1, 0.15) is 11.5 Å². The van der Waals surface area contributed by atoms with Crippen molar-refractivity contribution in [1.29, 1.82) is 0 Å². The van der Waals surface area contributed by atoms with Crippen LogP contribution in [0.1, 0.15) is 19.8 Å². The molecule has 0 aliphatic carbocycles. The van der Waals surface area contributed by atoms with E-state index in [1.54, 1.807) is 0 Å². The van der Waals surface area contributed by atoms with Crippen LogP contribution >= 0.6 is 15.9 Å². The number of rotatable bonds is 3. The Morgan fingerprint density at radius 1 is 1.58 bits per heavy atom. The number of anilines is 1. The molecule has 1 aromatic carbocycles. The van der Waals surface area contributed by atoms with Crippen molar-refractivity contribution in [3.05, 3.63) is 32.5 Å². The largest absolute Gasteiger partial charge is 0.378 e. The highest BCUT2D eigenvalue weighted by molar-refractivity contribution is 9.10. The molecule has 1 heterocycles. The zero-order valence-electron chi connectivity index (χ0n) is 10.4. The van der Waals surface area contributed by atoms with Gasteiger partial charge in [0.05, 0.1) is 21.6 Å². The first kappa shape index (κ1) is 14.2. The first-order chi connectivity index (χ1) is 8.97. The molecule has 1 saturated heterocycles. The zero-order chi connectivity index (χ0) is 14.0. The Morgan fingerprint density at radius 3 is 2.95 bits per heavy atom. The van der Waals surface area contributed by atoms with Crippen LogP contribution in [0.2, 0.25) is 0 Å². The summed E-state index contributed by atoms with van der Waals surface area (Å²) in [6, 6.07) is 2.43. The van der Waals surface area contributed by atoms with Gasteiger partial charge in [-0.05, 0) is 41.8 Å². The van der Waals surface area contributed by atoms with Crippen molar-refractivity contribution in [2.45, 2.75) is 31.9 Å². The molecular weight excluding hydrogens is 319 g/mol. The quantitative estimate of drug-likeness (QED) is 0.679. The van der Waals surface area contributed by atoms with Gasteiger partial charge in [-0.3, -0.25) is 10.1 Å². The van der Waals surface area contributed by atoms with Crippen LogP contribution in [0.5, 0.6) is 0 Å². The second-order valence-corrected chi connectivity index (χ2v) is 5.44. The lowest BCUT2D eigenvalue weighted by Gasteiger charge is -2.28. The zero-order valence-corrected chi connectivity index (χ0v) is 11.9. The van der Waals surface area contributed by atoms with Gasteiger partial charge in [-0.2, -0.15) is 0 Å². The Morgan fingerprint density at radius 2 is 2.32 bits per heavy atom. The van der Waals surface area contributed by atoms with Gasteiger partial charge in [-0.25, -0.2) is 4.39 Å². The minimum atomic E-state index is -0.641. The number of hydrogen-bond acceptors (Lipinski definition) is 4. The summed E-state index contributed by atoms with van der Waals surface area (Å²) in [6.45, 7) is 2.58. The summed E-state index contributed by atoms with van der Waals surface area (Å²) >= 11 is 3.04. The molecule has 1 aromatic rings. The van der Waals surface area contributed by atoms with Gasteiger partial charge in [0.25, 0.3) is 5.69 Å². The van der Waals surface area contributed by atoms with Crippen molar-refractivity contribution in [3.63, 3.8) is 0 Å². The number of halogens is 2. The Hall–Kier alpha value is -1.21. The van der Waals surface area contributed by atoms with Crippen LogP contribution in [0.3, 0.4) is 0 Å². The van der Waals surface area contributed by atoms with E-state index in [0.29, 0.717) is 12.3 Å². The van der Waals surface area contributed by atoms with E-state index in [9.17, 15) is 14.5 Å². The Bertz CT molecular complexity index is 498. The fourth-order valence-electron chi connectivity index (χ4n) is 2.15. The third-order valence-electron chi connectivity index (χ3n) is 3.08. The normalized spacial score (nSPS) is 23.1. The van der Waals surface area contributed by atoms with Crippen LogP contribution in [-0.2, 0) is 4.74 Å². The first-order valence-corrected chi connectivity index (χ1v) is 6.78. The summed E-state index contributed by atoms with van der Waals surface area (Å²) in [7, 11) is 0. The van der Waals surface area contributed by atoms with Crippen molar-refractivity contribution in [3.8, 4) is 0 Å².